The normalized spacial score (nSPS) is 11.9. The molecule has 0 saturated heterocycles. The van der Waals surface area contributed by atoms with Crippen molar-refractivity contribution in [1.29, 1.82) is 0 Å². The first kappa shape index (κ1) is 38.0. The Kier molecular flexibility index (Phi) is 8.57. The number of para-hydroxylation sites is 1. The summed E-state index contributed by atoms with van der Waals surface area (Å²) in [5.74, 6) is 0.201. The summed E-state index contributed by atoms with van der Waals surface area (Å²) in [6.07, 6.45) is 0. The van der Waals surface area contributed by atoms with Gasteiger partial charge < -0.3 is 8.98 Å². The monoisotopic (exact) mass is 770 g/mol. The average Bonchev–Trinajstić information content (AvgIpc) is 3.95. The molecule has 5 nitrogen and oxygen atoms in total. The molecule has 16 heteroatoms. The highest BCUT2D eigenvalue weighted by Crippen LogP contribution is 2.44. The summed E-state index contributed by atoms with van der Waals surface area (Å²) in [5.41, 5.74) is 5.40. The summed E-state index contributed by atoms with van der Waals surface area (Å²) in [5, 5.41) is 6.31. The van der Waals surface area contributed by atoms with Gasteiger partial charge in [-0.15, -0.1) is 44.1 Å². The van der Waals surface area contributed by atoms with Crippen molar-refractivity contribution in [3.8, 4) is 39.9 Å². The van der Waals surface area contributed by atoms with Crippen LogP contribution in [0.5, 0.6) is 0 Å². The SMILES string of the molecule is [B]c1c([B])c([B])c(-c2nc(-c3c([B])c([B])c([B])c([B])c3[B])nc(-c3cccc4oc5cc(-n6c7ccccc7c7ccc8c9ccccc9sc8c76)ccc5c34)n2)c([B])c1[B]. The summed E-state index contributed by atoms with van der Waals surface area (Å²) in [4.78, 5) is 14.6. The lowest BCUT2D eigenvalue weighted by molar-refractivity contribution is 0.668. The van der Waals surface area contributed by atoms with Gasteiger partial charge in [0, 0.05) is 65.5 Å². The van der Waals surface area contributed by atoms with E-state index in [0.717, 1.165) is 32.9 Å². The highest BCUT2D eigenvalue weighted by atomic mass is 32.1. The van der Waals surface area contributed by atoms with Crippen molar-refractivity contribution in [3.05, 3.63) is 97.1 Å². The van der Waals surface area contributed by atoms with E-state index in [-0.39, 0.29) is 83.2 Å². The minimum Gasteiger partial charge on any atom is -0.456 e. The van der Waals surface area contributed by atoms with E-state index in [4.69, 9.17) is 97.8 Å². The second kappa shape index (κ2) is 13.8. The van der Waals surface area contributed by atoms with Gasteiger partial charge in [0.1, 0.15) is 89.6 Å². The zero-order valence-corrected chi connectivity index (χ0v) is 32.9. The van der Waals surface area contributed by atoms with E-state index in [9.17, 15) is 0 Å². The van der Waals surface area contributed by atoms with Crippen LogP contribution >= 0.6 is 11.3 Å². The van der Waals surface area contributed by atoms with Gasteiger partial charge in [-0.2, -0.15) is 0 Å². The molecule has 0 unspecified atom stereocenters. The molecule has 11 rings (SSSR count). The van der Waals surface area contributed by atoms with Crippen LogP contribution in [0.1, 0.15) is 0 Å². The number of hydrogen-bond acceptors (Lipinski definition) is 5. The van der Waals surface area contributed by atoms with Crippen molar-refractivity contribution in [2.45, 2.75) is 0 Å². The van der Waals surface area contributed by atoms with Crippen molar-refractivity contribution < 1.29 is 4.42 Å². The molecule has 0 aliphatic carbocycles. The first-order valence-electron chi connectivity index (χ1n) is 19.0. The Labute approximate surface area is 367 Å². The van der Waals surface area contributed by atoms with Gasteiger partial charge >= 0.3 is 0 Å². The summed E-state index contributed by atoms with van der Waals surface area (Å²) in [6, 6.07) is 33.2. The van der Waals surface area contributed by atoms with Crippen molar-refractivity contribution >= 4 is 208 Å². The van der Waals surface area contributed by atoms with E-state index in [1.807, 2.05) is 24.3 Å². The van der Waals surface area contributed by atoms with Crippen LogP contribution in [0.2, 0.25) is 0 Å². The van der Waals surface area contributed by atoms with E-state index in [2.05, 4.69) is 77.4 Å². The van der Waals surface area contributed by atoms with Crippen LogP contribution in [-0.4, -0.2) is 98.0 Å². The quantitative estimate of drug-likeness (QED) is 0.240. The summed E-state index contributed by atoms with van der Waals surface area (Å²) in [7, 11) is 63.7. The number of fused-ring (bicyclic) bond motifs is 10. The van der Waals surface area contributed by atoms with E-state index in [1.165, 1.54) is 25.6 Å². The van der Waals surface area contributed by atoms with Gasteiger partial charge in [-0.3, -0.25) is 0 Å². The molecule has 0 aliphatic rings. The molecule has 7 aromatic carbocycles. The van der Waals surface area contributed by atoms with Crippen LogP contribution < -0.4 is 54.6 Å². The van der Waals surface area contributed by atoms with Gasteiger partial charge in [0.05, 0.1) is 15.7 Å². The molecule has 11 aromatic rings. The largest absolute Gasteiger partial charge is 0.456 e. The molecule has 4 heterocycles. The molecule has 0 bridgehead atoms. The highest BCUT2D eigenvalue weighted by molar-refractivity contribution is 7.26. The van der Waals surface area contributed by atoms with Crippen molar-refractivity contribution in [1.82, 2.24) is 19.5 Å². The van der Waals surface area contributed by atoms with Crippen molar-refractivity contribution in [2.24, 2.45) is 0 Å². The molecular weight excluding hydrogens is 753 g/mol. The lowest BCUT2D eigenvalue weighted by atomic mass is 9.60. The predicted octanol–water partition coefficient (Wildman–Crippen LogP) is 0.175. The fourth-order valence-electron chi connectivity index (χ4n) is 8.54. The maximum atomic E-state index is 6.65. The maximum absolute atomic E-state index is 6.65. The lowest BCUT2D eigenvalue weighted by Gasteiger charge is -2.22. The second-order valence-corrected chi connectivity index (χ2v) is 16.0. The van der Waals surface area contributed by atoms with Crippen LogP contribution in [0, 0.1) is 0 Å². The number of thiophene rings is 1. The van der Waals surface area contributed by atoms with Gasteiger partial charge in [0.25, 0.3) is 0 Å². The van der Waals surface area contributed by atoms with Crippen LogP contribution in [-0.2, 0) is 0 Å². The van der Waals surface area contributed by atoms with Crippen LogP contribution in [0.3, 0.4) is 0 Å². The van der Waals surface area contributed by atoms with E-state index in [1.54, 1.807) is 11.3 Å². The zero-order valence-electron chi connectivity index (χ0n) is 32.1. The van der Waals surface area contributed by atoms with Gasteiger partial charge in [-0.1, -0.05) is 82.5 Å². The molecule has 0 amide bonds. The molecule has 0 spiro atoms. The Hall–Kier alpha value is -5.98. The van der Waals surface area contributed by atoms with E-state index in [0.29, 0.717) is 16.7 Å². The smallest absolute Gasteiger partial charge is 0.164 e. The third-order valence-corrected chi connectivity index (χ3v) is 12.8. The van der Waals surface area contributed by atoms with E-state index < -0.39 is 0 Å². The third kappa shape index (κ3) is 5.43. The van der Waals surface area contributed by atoms with Crippen LogP contribution in [0.15, 0.2) is 101 Å². The second-order valence-electron chi connectivity index (χ2n) is 14.9. The molecule has 20 radical (unpaired) electrons. The van der Waals surface area contributed by atoms with Crippen molar-refractivity contribution in [3.63, 3.8) is 0 Å². The number of aromatic nitrogens is 4. The predicted molar refractivity (Wildman–Crippen MR) is 265 cm³/mol. The molecule has 0 saturated carbocycles. The van der Waals surface area contributed by atoms with Crippen LogP contribution in [0.4, 0.5) is 0 Å². The van der Waals surface area contributed by atoms with Gasteiger partial charge in [-0.25, -0.2) is 15.0 Å². The summed E-state index contributed by atoms with van der Waals surface area (Å²) < 4.78 is 11.4. The standard InChI is InChI=1S/C45H16B10N4OS/c46-31-29(32(47)36(51)39(54)35(31)50)44-56-43(57-45(58-44)30-33(48)37(52)40(55)38(53)34(30)49)23-8-5-10-25-28(23)22-13-12-17(16-26(22)60-25)59-24-9-3-1-6-18(24)20-14-15-21-19-7-2-4-11-27(19)61-42(21)41(20)59/h1-16H. The van der Waals surface area contributed by atoms with Crippen molar-refractivity contribution in [2.75, 3.05) is 0 Å². The Bertz CT molecular complexity index is 3600. The summed E-state index contributed by atoms with van der Waals surface area (Å²) >= 11 is 1.79. The molecule has 61 heavy (non-hydrogen) atoms. The van der Waals surface area contributed by atoms with E-state index >= 15 is 0 Å². The Morgan fingerprint density at radius 2 is 0.984 bits per heavy atom. The van der Waals surface area contributed by atoms with Gasteiger partial charge in [-0.05, 0) is 30.3 Å². The molecule has 0 aliphatic heterocycles. The zero-order chi connectivity index (χ0) is 42.2. The average molecular weight is 769 g/mol. The first-order chi connectivity index (χ1) is 29.4. The minimum absolute atomic E-state index is 0.00664. The Morgan fingerprint density at radius 3 is 1.64 bits per heavy atom. The highest BCUT2D eigenvalue weighted by Gasteiger charge is 2.24. The van der Waals surface area contributed by atoms with Crippen LogP contribution in [0.25, 0.3) is 104 Å². The number of rotatable bonds is 4. The maximum Gasteiger partial charge on any atom is 0.164 e. The first-order valence-corrected chi connectivity index (χ1v) is 19.8. The number of benzene rings is 7. The molecule has 258 valence electrons. The number of furan rings is 1. The fourth-order valence-corrected chi connectivity index (χ4v) is 9.78. The topological polar surface area (TPSA) is 56.7 Å². The Morgan fingerprint density at radius 1 is 0.443 bits per heavy atom. The Balaban J connectivity index is 1.17. The fraction of sp³-hybridized carbons (Fsp3) is 0. The molecule has 4 aromatic heterocycles. The lowest BCUT2D eigenvalue weighted by Crippen LogP contribution is -2.55. The minimum atomic E-state index is 0.00664. The van der Waals surface area contributed by atoms with Gasteiger partial charge in [0.2, 0.25) is 0 Å². The molecule has 0 atom stereocenters. The van der Waals surface area contributed by atoms with Gasteiger partial charge in [0.15, 0.2) is 17.5 Å². The third-order valence-electron chi connectivity index (χ3n) is 11.6. The molecular formula is C45H16B10N4OS. The summed E-state index contributed by atoms with van der Waals surface area (Å²) in [6.45, 7) is 0. The molecule has 0 fully saturated rings. The number of hydrogen-bond donors (Lipinski definition) is 0. The number of nitrogens with zero attached hydrogens (tertiary/aromatic N) is 4. The molecule has 0 N–H and O–H groups in total.